The van der Waals surface area contributed by atoms with Crippen molar-refractivity contribution in [2.45, 2.75) is 6.54 Å². The van der Waals surface area contributed by atoms with Crippen molar-refractivity contribution >= 4 is 27.9 Å². The Morgan fingerprint density at radius 2 is 1.68 bits per heavy atom. The molecule has 3 amide bonds. The lowest BCUT2D eigenvalue weighted by Crippen LogP contribution is -2.41. The van der Waals surface area contributed by atoms with Crippen LogP contribution in [0, 0.1) is 0 Å². The fourth-order valence-corrected chi connectivity index (χ4v) is 2.09. The van der Waals surface area contributed by atoms with Crippen LogP contribution in [-0.2, 0) is 11.3 Å². The second-order valence-electron chi connectivity index (χ2n) is 4.44. The van der Waals surface area contributed by atoms with Gasteiger partial charge in [-0.2, -0.15) is 0 Å². The largest absolute Gasteiger partial charge is 0.483 e. The van der Waals surface area contributed by atoms with Crippen LogP contribution in [0.1, 0.15) is 5.56 Å². The smallest absolute Gasteiger partial charge is 0.321 e. The first kappa shape index (κ1) is 16.0. The van der Waals surface area contributed by atoms with Gasteiger partial charge in [0.2, 0.25) is 0 Å². The van der Waals surface area contributed by atoms with E-state index in [9.17, 15) is 9.59 Å². The standard InChI is InChI=1S/C16H15BrN2O3/c17-13-8-4-5-9-14(13)22-11-15(20)19-16(21)18-10-12-6-2-1-3-7-12/h1-9H,10-11H2,(H2,18,19,20,21). The number of halogens is 1. The maximum Gasteiger partial charge on any atom is 0.321 e. The quantitative estimate of drug-likeness (QED) is 0.859. The molecule has 0 saturated heterocycles. The first-order chi connectivity index (χ1) is 10.6. The van der Waals surface area contributed by atoms with Crippen LogP contribution in [0.4, 0.5) is 4.79 Å². The molecule has 0 aromatic heterocycles. The van der Waals surface area contributed by atoms with Crippen LogP contribution in [0.2, 0.25) is 0 Å². The number of hydrogen-bond donors (Lipinski definition) is 2. The second-order valence-corrected chi connectivity index (χ2v) is 5.29. The van der Waals surface area contributed by atoms with Crippen molar-refractivity contribution in [3.63, 3.8) is 0 Å². The van der Waals surface area contributed by atoms with Crippen LogP contribution in [-0.4, -0.2) is 18.5 Å². The molecule has 22 heavy (non-hydrogen) atoms. The molecule has 5 nitrogen and oxygen atoms in total. The van der Waals surface area contributed by atoms with E-state index in [1.807, 2.05) is 36.4 Å². The van der Waals surface area contributed by atoms with Gasteiger partial charge in [0, 0.05) is 6.54 Å². The number of urea groups is 1. The molecule has 0 atom stereocenters. The minimum absolute atomic E-state index is 0.235. The molecule has 114 valence electrons. The Kier molecular flexibility index (Phi) is 5.97. The number of para-hydroxylation sites is 1. The molecule has 0 aliphatic heterocycles. The third-order valence-electron chi connectivity index (χ3n) is 2.74. The minimum Gasteiger partial charge on any atom is -0.483 e. The molecule has 0 bridgehead atoms. The van der Waals surface area contributed by atoms with Crippen molar-refractivity contribution in [2.75, 3.05) is 6.61 Å². The maximum absolute atomic E-state index is 11.6. The van der Waals surface area contributed by atoms with Gasteiger partial charge in [-0.1, -0.05) is 42.5 Å². The molecular weight excluding hydrogens is 348 g/mol. The van der Waals surface area contributed by atoms with E-state index in [0.717, 1.165) is 10.0 Å². The molecule has 0 radical (unpaired) electrons. The lowest BCUT2D eigenvalue weighted by Gasteiger charge is -2.09. The summed E-state index contributed by atoms with van der Waals surface area (Å²) in [6.45, 7) is 0.117. The predicted molar refractivity (Wildman–Crippen MR) is 86.5 cm³/mol. The topological polar surface area (TPSA) is 67.4 Å². The molecule has 0 aliphatic carbocycles. The zero-order valence-electron chi connectivity index (χ0n) is 11.7. The van der Waals surface area contributed by atoms with Crippen LogP contribution >= 0.6 is 15.9 Å². The Labute approximate surface area is 136 Å². The summed E-state index contributed by atoms with van der Waals surface area (Å²) < 4.78 is 6.07. The van der Waals surface area contributed by atoms with Gasteiger partial charge < -0.3 is 10.1 Å². The second kappa shape index (κ2) is 8.19. The van der Waals surface area contributed by atoms with Gasteiger partial charge in [-0.25, -0.2) is 4.79 Å². The zero-order chi connectivity index (χ0) is 15.8. The molecule has 0 fully saturated rings. The molecule has 0 aliphatic rings. The highest BCUT2D eigenvalue weighted by atomic mass is 79.9. The lowest BCUT2D eigenvalue weighted by atomic mass is 10.2. The van der Waals surface area contributed by atoms with Gasteiger partial charge in [0.25, 0.3) is 5.91 Å². The fourth-order valence-electron chi connectivity index (χ4n) is 1.69. The highest BCUT2D eigenvalue weighted by Gasteiger charge is 2.09. The molecule has 0 spiro atoms. The van der Waals surface area contributed by atoms with Crippen LogP contribution in [0.15, 0.2) is 59.1 Å². The maximum atomic E-state index is 11.6. The molecule has 0 saturated carbocycles. The Morgan fingerprint density at radius 3 is 2.41 bits per heavy atom. The number of rotatable bonds is 5. The monoisotopic (exact) mass is 362 g/mol. The van der Waals surface area contributed by atoms with Gasteiger partial charge in [0.15, 0.2) is 6.61 Å². The molecule has 0 unspecified atom stereocenters. The summed E-state index contributed by atoms with van der Waals surface area (Å²) in [4.78, 5) is 23.2. The average molecular weight is 363 g/mol. The number of amides is 3. The van der Waals surface area contributed by atoms with Crippen LogP contribution < -0.4 is 15.4 Å². The third kappa shape index (κ3) is 5.21. The summed E-state index contributed by atoms with van der Waals surface area (Å²) >= 11 is 3.31. The molecule has 0 heterocycles. The van der Waals surface area contributed by atoms with Crippen LogP contribution in [0.25, 0.3) is 0 Å². The summed E-state index contributed by atoms with van der Waals surface area (Å²) in [5.41, 5.74) is 0.953. The number of imide groups is 1. The van der Waals surface area contributed by atoms with Gasteiger partial charge in [0.05, 0.1) is 4.47 Å². The zero-order valence-corrected chi connectivity index (χ0v) is 13.3. The number of benzene rings is 2. The van der Waals surface area contributed by atoms with E-state index in [1.54, 1.807) is 18.2 Å². The first-order valence-electron chi connectivity index (χ1n) is 6.64. The van der Waals surface area contributed by atoms with Crippen molar-refractivity contribution in [1.82, 2.24) is 10.6 Å². The molecule has 2 aromatic carbocycles. The first-order valence-corrected chi connectivity index (χ1v) is 7.43. The summed E-state index contributed by atoms with van der Waals surface area (Å²) in [5, 5.41) is 4.81. The number of hydrogen-bond acceptors (Lipinski definition) is 3. The molecule has 6 heteroatoms. The normalized spacial score (nSPS) is 9.86. The van der Waals surface area contributed by atoms with Gasteiger partial charge in [-0.15, -0.1) is 0 Å². The average Bonchev–Trinajstić information content (AvgIpc) is 2.53. The molecule has 2 aromatic rings. The van der Waals surface area contributed by atoms with Crippen molar-refractivity contribution in [1.29, 1.82) is 0 Å². The minimum atomic E-state index is -0.551. The van der Waals surface area contributed by atoms with Gasteiger partial charge >= 0.3 is 6.03 Å². The van der Waals surface area contributed by atoms with Crippen LogP contribution in [0.5, 0.6) is 5.75 Å². The molecule has 2 N–H and O–H groups in total. The summed E-state index contributed by atoms with van der Waals surface area (Å²) in [7, 11) is 0. The van der Waals surface area contributed by atoms with Crippen molar-refractivity contribution in [2.24, 2.45) is 0 Å². The van der Waals surface area contributed by atoms with E-state index < -0.39 is 11.9 Å². The third-order valence-corrected chi connectivity index (χ3v) is 3.40. The predicted octanol–water partition coefficient (Wildman–Crippen LogP) is 2.85. The van der Waals surface area contributed by atoms with Crippen molar-refractivity contribution in [3.05, 3.63) is 64.6 Å². The van der Waals surface area contributed by atoms with Crippen molar-refractivity contribution in [3.8, 4) is 5.75 Å². The Balaban J connectivity index is 1.72. The fraction of sp³-hybridized carbons (Fsp3) is 0.125. The molecule has 2 rings (SSSR count). The summed E-state index contributed by atoms with van der Waals surface area (Å²) in [6, 6.07) is 16.1. The Bertz CT molecular complexity index is 647. The summed E-state index contributed by atoms with van der Waals surface area (Å²) in [6.07, 6.45) is 0. The van der Waals surface area contributed by atoms with Crippen molar-refractivity contribution < 1.29 is 14.3 Å². The lowest BCUT2D eigenvalue weighted by molar-refractivity contribution is -0.122. The van der Waals surface area contributed by atoms with Gasteiger partial charge in [-0.3, -0.25) is 10.1 Å². The van der Waals surface area contributed by atoms with Gasteiger partial charge in [-0.05, 0) is 33.6 Å². The highest BCUT2D eigenvalue weighted by Crippen LogP contribution is 2.23. The SMILES string of the molecule is O=C(COc1ccccc1Br)NC(=O)NCc1ccccc1. The van der Waals surface area contributed by atoms with Crippen LogP contribution in [0.3, 0.4) is 0 Å². The Hall–Kier alpha value is -2.34. The number of ether oxygens (including phenoxy) is 1. The van der Waals surface area contributed by atoms with E-state index in [4.69, 9.17) is 4.74 Å². The van der Waals surface area contributed by atoms with E-state index >= 15 is 0 Å². The summed E-state index contributed by atoms with van der Waals surface area (Å²) in [5.74, 6) is 0.0312. The van der Waals surface area contributed by atoms with Gasteiger partial charge in [0.1, 0.15) is 5.75 Å². The number of carbonyl (C=O) groups excluding carboxylic acids is 2. The number of nitrogens with one attached hydrogen (secondary N) is 2. The van der Waals surface area contributed by atoms with E-state index in [0.29, 0.717) is 12.3 Å². The highest BCUT2D eigenvalue weighted by molar-refractivity contribution is 9.10. The molecular formula is C16H15BrN2O3. The van der Waals surface area contributed by atoms with E-state index in [2.05, 4.69) is 26.6 Å². The number of carbonyl (C=O) groups is 2. The van der Waals surface area contributed by atoms with E-state index in [-0.39, 0.29) is 6.61 Å². The van der Waals surface area contributed by atoms with E-state index in [1.165, 1.54) is 0 Å². The Morgan fingerprint density at radius 1 is 1.00 bits per heavy atom.